The highest BCUT2D eigenvalue weighted by Gasteiger charge is 2.17. The first-order valence-electron chi connectivity index (χ1n) is 12.3. The molecule has 0 amide bonds. The molecule has 3 heteroatoms. The van der Waals surface area contributed by atoms with E-state index in [4.69, 9.17) is 6.57 Å². The van der Waals surface area contributed by atoms with E-state index in [1.54, 1.807) is 12.3 Å². The van der Waals surface area contributed by atoms with Crippen LogP contribution in [0.5, 0.6) is 0 Å². The van der Waals surface area contributed by atoms with Crippen LogP contribution in [0.15, 0.2) is 128 Å². The molecule has 0 atom stereocenters. The van der Waals surface area contributed by atoms with Crippen LogP contribution in [0.25, 0.3) is 65.5 Å². The molecule has 0 bridgehead atoms. The van der Waals surface area contributed by atoms with Crippen molar-refractivity contribution in [1.82, 2.24) is 9.55 Å². The molecule has 0 aliphatic heterocycles. The number of para-hydroxylation sites is 2. The Labute approximate surface area is 214 Å². The molecule has 0 saturated carbocycles. The monoisotopic (exact) mass is 471 g/mol. The number of aromatic nitrogens is 2. The molecule has 172 valence electrons. The van der Waals surface area contributed by atoms with Crippen LogP contribution in [0.2, 0.25) is 0 Å². The van der Waals surface area contributed by atoms with Gasteiger partial charge in [-0.25, -0.2) is 4.85 Å². The highest BCUT2D eigenvalue weighted by molar-refractivity contribution is 6.24. The molecule has 5 aromatic carbocycles. The summed E-state index contributed by atoms with van der Waals surface area (Å²) >= 11 is 0. The smallest absolute Gasteiger partial charge is 0.190 e. The number of hydrogen-bond donors (Lipinski definition) is 0. The molecular weight excluding hydrogens is 450 g/mol. The maximum Gasteiger partial charge on any atom is 0.190 e. The first-order chi connectivity index (χ1) is 18.3. The van der Waals surface area contributed by atoms with Crippen LogP contribution < -0.4 is 0 Å². The molecule has 0 unspecified atom stereocenters. The van der Waals surface area contributed by atoms with E-state index >= 15 is 0 Å². The van der Waals surface area contributed by atoms with Crippen molar-refractivity contribution in [3.05, 3.63) is 139 Å². The van der Waals surface area contributed by atoms with Gasteiger partial charge in [-0.05, 0) is 69.9 Å². The lowest BCUT2D eigenvalue weighted by atomic mass is 9.93. The fourth-order valence-corrected chi connectivity index (χ4v) is 5.42. The Morgan fingerprint density at radius 2 is 1.32 bits per heavy atom. The average Bonchev–Trinajstić information content (AvgIpc) is 3.32. The van der Waals surface area contributed by atoms with Crippen molar-refractivity contribution in [1.29, 1.82) is 0 Å². The number of benzene rings is 5. The predicted molar refractivity (Wildman–Crippen MR) is 153 cm³/mol. The summed E-state index contributed by atoms with van der Waals surface area (Å²) in [5.74, 6) is 0. The third-order valence-corrected chi connectivity index (χ3v) is 7.04. The Hall–Kier alpha value is -5.20. The van der Waals surface area contributed by atoms with Gasteiger partial charge in [-0.1, -0.05) is 78.9 Å². The van der Waals surface area contributed by atoms with E-state index in [2.05, 4.69) is 124 Å². The summed E-state index contributed by atoms with van der Waals surface area (Å²) in [6.45, 7) is 7.38. The second kappa shape index (κ2) is 8.48. The predicted octanol–water partition coefficient (Wildman–Crippen LogP) is 9.22. The zero-order valence-electron chi connectivity index (χ0n) is 20.0. The van der Waals surface area contributed by atoms with Crippen molar-refractivity contribution in [3.8, 4) is 28.1 Å². The molecule has 0 aliphatic rings. The third kappa shape index (κ3) is 3.39. The molecule has 0 fully saturated rings. The number of pyridine rings is 1. The largest absolute Gasteiger partial charge is 0.309 e. The van der Waals surface area contributed by atoms with Crippen LogP contribution in [-0.4, -0.2) is 9.55 Å². The van der Waals surface area contributed by atoms with E-state index in [1.165, 1.54) is 38.1 Å². The van der Waals surface area contributed by atoms with Gasteiger partial charge in [-0.2, -0.15) is 0 Å². The third-order valence-electron chi connectivity index (χ3n) is 7.04. The molecule has 7 rings (SSSR count). The van der Waals surface area contributed by atoms with Crippen molar-refractivity contribution in [2.45, 2.75) is 0 Å². The summed E-state index contributed by atoms with van der Waals surface area (Å²) < 4.78 is 2.37. The topological polar surface area (TPSA) is 22.2 Å². The summed E-state index contributed by atoms with van der Waals surface area (Å²) in [5.41, 5.74) is 8.20. The van der Waals surface area contributed by atoms with Crippen LogP contribution in [0, 0.1) is 6.57 Å². The Morgan fingerprint density at radius 3 is 2.16 bits per heavy atom. The van der Waals surface area contributed by atoms with E-state index in [0.717, 1.165) is 22.5 Å². The summed E-state index contributed by atoms with van der Waals surface area (Å²) in [5, 5.41) is 4.96. The van der Waals surface area contributed by atoms with Crippen LogP contribution in [-0.2, 0) is 0 Å². The lowest BCUT2D eigenvalue weighted by Gasteiger charge is -2.13. The maximum atomic E-state index is 7.38. The highest BCUT2D eigenvalue weighted by Crippen LogP contribution is 2.41. The molecule has 2 aromatic heterocycles. The van der Waals surface area contributed by atoms with Gasteiger partial charge in [0.15, 0.2) is 5.69 Å². The lowest BCUT2D eigenvalue weighted by molar-refractivity contribution is 1.18. The van der Waals surface area contributed by atoms with E-state index in [9.17, 15) is 0 Å². The molecule has 3 nitrogen and oxygen atoms in total. The normalized spacial score (nSPS) is 11.2. The van der Waals surface area contributed by atoms with Crippen LogP contribution >= 0.6 is 0 Å². The minimum absolute atomic E-state index is 0.592. The van der Waals surface area contributed by atoms with Gasteiger partial charge in [-0.3, -0.25) is 4.98 Å². The highest BCUT2D eigenvalue weighted by atomic mass is 15.0. The fourth-order valence-electron chi connectivity index (χ4n) is 5.42. The lowest BCUT2D eigenvalue weighted by Crippen LogP contribution is -1.94. The minimum Gasteiger partial charge on any atom is -0.309 e. The van der Waals surface area contributed by atoms with E-state index in [-0.39, 0.29) is 0 Å². The quantitative estimate of drug-likeness (QED) is 0.235. The van der Waals surface area contributed by atoms with Crippen molar-refractivity contribution in [2.24, 2.45) is 0 Å². The standard InChI is InChI=1S/C34H21N3/c1-35-25-18-19-36-31(21-25)24-11-9-10-23(20-24)30-22-33-34(28-15-6-5-14-27(28)30)29-16-7-8-17-32(29)37(33)26-12-3-2-4-13-26/h2-22H. The fraction of sp³-hybridized carbons (Fsp3) is 0. The minimum atomic E-state index is 0.592. The van der Waals surface area contributed by atoms with Gasteiger partial charge in [-0.15, -0.1) is 0 Å². The summed E-state index contributed by atoms with van der Waals surface area (Å²) in [4.78, 5) is 8.12. The van der Waals surface area contributed by atoms with E-state index in [0.29, 0.717) is 5.69 Å². The summed E-state index contributed by atoms with van der Waals surface area (Å²) in [6, 6.07) is 42.3. The SMILES string of the molecule is [C-]#[N+]c1ccnc(-c2cccc(-c3cc4c(c5ccccc35)c3ccccc3n4-c3ccccc3)c2)c1. The number of fused-ring (bicyclic) bond motifs is 5. The molecule has 0 aliphatic carbocycles. The van der Waals surface area contributed by atoms with Gasteiger partial charge < -0.3 is 4.57 Å². The second-order valence-corrected chi connectivity index (χ2v) is 9.14. The Balaban J connectivity index is 1.56. The van der Waals surface area contributed by atoms with Gasteiger partial charge in [0.25, 0.3) is 0 Å². The molecule has 7 aromatic rings. The molecule has 0 radical (unpaired) electrons. The number of nitrogens with zero attached hydrogens (tertiary/aromatic N) is 3. The van der Waals surface area contributed by atoms with Crippen molar-refractivity contribution in [2.75, 3.05) is 0 Å². The number of hydrogen-bond acceptors (Lipinski definition) is 1. The molecular formula is C34H21N3. The van der Waals surface area contributed by atoms with Gasteiger partial charge >= 0.3 is 0 Å². The van der Waals surface area contributed by atoms with E-state index < -0.39 is 0 Å². The first kappa shape index (κ1) is 21.1. The van der Waals surface area contributed by atoms with Crippen LogP contribution in [0.4, 0.5) is 5.69 Å². The molecule has 0 N–H and O–H groups in total. The van der Waals surface area contributed by atoms with Gasteiger partial charge in [0.2, 0.25) is 0 Å². The van der Waals surface area contributed by atoms with Gasteiger partial charge in [0, 0.05) is 22.7 Å². The zero-order valence-corrected chi connectivity index (χ0v) is 20.0. The van der Waals surface area contributed by atoms with Crippen molar-refractivity contribution >= 4 is 38.3 Å². The molecule has 37 heavy (non-hydrogen) atoms. The Morgan fingerprint density at radius 1 is 0.595 bits per heavy atom. The van der Waals surface area contributed by atoms with Crippen molar-refractivity contribution < 1.29 is 0 Å². The number of rotatable bonds is 3. The van der Waals surface area contributed by atoms with Crippen LogP contribution in [0.3, 0.4) is 0 Å². The average molecular weight is 472 g/mol. The Kier molecular flexibility index (Phi) is 4.84. The van der Waals surface area contributed by atoms with E-state index in [1.807, 2.05) is 6.07 Å². The summed E-state index contributed by atoms with van der Waals surface area (Å²) in [7, 11) is 0. The van der Waals surface area contributed by atoms with Gasteiger partial charge in [0.05, 0.1) is 23.3 Å². The molecule has 2 heterocycles. The molecule has 0 spiro atoms. The summed E-state index contributed by atoms with van der Waals surface area (Å²) in [6.07, 6.45) is 1.70. The molecule has 0 saturated heterocycles. The van der Waals surface area contributed by atoms with Crippen LogP contribution in [0.1, 0.15) is 0 Å². The maximum absolute atomic E-state index is 7.38. The second-order valence-electron chi connectivity index (χ2n) is 9.14. The van der Waals surface area contributed by atoms with Gasteiger partial charge in [0.1, 0.15) is 0 Å². The first-order valence-corrected chi connectivity index (χ1v) is 12.3. The van der Waals surface area contributed by atoms with Crippen molar-refractivity contribution in [3.63, 3.8) is 0 Å². The Bertz CT molecular complexity index is 1990. The zero-order chi connectivity index (χ0) is 24.8.